The molecule has 0 unspecified atom stereocenters. The Morgan fingerprint density at radius 2 is 2.12 bits per heavy atom. The average molecular weight is 420 g/mol. The summed E-state index contributed by atoms with van der Waals surface area (Å²) in [7, 11) is 3.35. The van der Waals surface area contributed by atoms with Crippen molar-refractivity contribution in [2.75, 3.05) is 20.6 Å². The van der Waals surface area contributed by atoms with Crippen LogP contribution in [0, 0.1) is 0 Å². The van der Waals surface area contributed by atoms with Gasteiger partial charge >= 0.3 is 0 Å². The maximum Gasteiger partial charge on any atom is 0.273 e. The maximum absolute atomic E-state index is 12.4. The summed E-state index contributed by atoms with van der Waals surface area (Å²) in [6.07, 6.45) is 4.76. The van der Waals surface area contributed by atoms with Crippen molar-refractivity contribution in [3.8, 4) is 0 Å². The molecule has 1 aromatic heterocycles. The van der Waals surface area contributed by atoms with Crippen molar-refractivity contribution in [2.24, 2.45) is 0 Å². The predicted molar refractivity (Wildman–Crippen MR) is 101 cm³/mol. The highest BCUT2D eigenvalue weighted by Gasteiger charge is 2.39. The van der Waals surface area contributed by atoms with Crippen LogP contribution in [0.1, 0.15) is 35.3 Å². The van der Waals surface area contributed by atoms with Crippen LogP contribution in [0.2, 0.25) is 0 Å². The second-order valence-corrected chi connectivity index (χ2v) is 7.83. The van der Waals surface area contributed by atoms with Crippen LogP contribution in [0.4, 0.5) is 0 Å². The molecule has 0 saturated heterocycles. The highest BCUT2D eigenvalue weighted by Crippen LogP contribution is 2.43. The van der Waals surface area contributed by atoms with Gasteiger partial charge in [0.2, 0.25) is 5.91 Å². The molecule has 3 rings (SSSR count). The van der Waals surface area contributed by atoms with E-state index in [1.54, 1.807) is 14.1 Å². The van der Waals surface area contributed by atoms with Gasteiger partial charge in [-0.25, -0.2) is 4.68 Å². The zero-order chi connectivity index (χ0) is 18.7. The lowest BCUT2D eigenvalue weighted by atomic mass is 9.64. The lowest BCUT2D eigenvalue weighted by molar-refractivity contribution is -0.129. The van der Waals surface area contributed by atoms with Gasteiger partial charge in [-0.3, -0.25) is 9.59 Å². The van der Waals surface area contributed by atoms with E-state index >= 15 is 0 Å². The van der Waals surface area contributed by atoms with Crippen LogP contribution in [0.3, 0.4) is 0 Å². The molecule has 26 heavy (non-hydrogen) atoms. The molecule has 8 heteroatoms. The quantitative estimate of drug-likeness (QED) is 0.775. The first-order valence-electron chi connectivity index (χ1n) is 8.54. The summed E-state index contributed by atoms with van der Waals surface area (Å²) in [6, 6.07) is 8.25. The summed E-state index contributed by atoms with van der Waals surface area (Å²) in [5, 5.41) is 10.7. The van der Waals surface area contributed by atoms with E-state index in [1.807, 2.05) is 12.1 Å². The lowest BCUT2D eigenvalue weighted by Crippen LogP contribution is -2.45. The number of nitrogens with zero attached hydrogens (tertiary/aromatic N) is 4. The Morgan fingerprint density at radius 1 is 1.35 bits per heavy atom. The third-order valence-corrected chi connectivity index (χ3v) is 5.40. The highest BCUT2D eigenvalue weighted by atomic mass is 79.9. The summed E-state index contributed by atoms with van der Waals surface area (Å²) in [6.45, 7) is 0.626. The van der Waals surface area contributed by atoms with Crippen LogP contribution in [0.25, 0.3) is 0 Å². The number of hydrogen-bond donors (Lipinski definition) is 1. The second kappa shape index (κ2) is 7.57. The third-order valence-electron chi connectivity index (χ3n) is 4.90. The number of rotatable bonds is 6. The molecule has 1 aliphatic rings. The summed E-state index contributed by atoms with van der Waals surface area (Å²) in [5.74, 6) is -0.375. The van der Waals surface area contributed by atoms with Crippen LogP contribution in [-0.2, 0) is 16.8 Å². The number of likely N-dealkylation sites (N-methyl/N-ethyl adjacent to an activating group) is 1. The molecular weight excluding hydrogens is 398 g/mol. The molecule has 0 spiro atoms. The molecule has 2 aromatic rings. The Morgan fingerprint density at radius 3 is 2.73 bits per heavy atom. The van der Waals surface area contributed by atoms with Crippen LogP contribution < -0.4 is 5.32 Å². The Balaban J connectivity index is 1.63. The van der Waals surface area contributed by atoms with E-state index in [4.69, 9.17) is 0 Å². The zero-order valence-electron chi connectivity index (χ0n) is 14.9. The van der Waals surface area contributed by atoms with Crippen LogP contribution in [0.5, 0.6) is 0 Å². The Bertz CT molecular complexity index is 813. The Hall–Kier alpha value is -2.22. The Labute approximate surface area is 160 Å². The summed E-state index contributed by atoms with van der Waals surface area (Å²) < 4.78 is 2.42. The fourth-order valence-electron chi connectivity index (χ4n) is 3.09. The third kappa shape index (κ3) is 3.95. The Kier molecular flexibility index (Phi) is 5.41. The number of carbonyl (C=O) groups excluding carboxylic acids is 2. The van der Waals surface area contributed by atoms with Crippen molar-refractivity contribution in [3.05, 3.63) is 46.2 Å². The standard InChI is InChI=1S/C18H22BrN5O2/c1-23(2)16(25)11-24-10-15(21-22-24)17(26)20-12-18(7-4-8-18)13-5-3-6-14(19)9-13/h3,5-6,9-10H,4,7-8,11-12H2,1-2H3,(H,20,26). The molecule has 2 amide bonds. The van der Waals surface area contributed by atoms with Gasteiger partial charge in [-0.05, 0) is 30.5 Å². The van der Waals surface area contributed by atoms with Gasteiger partial charge in [-0.2, -0.15) is 0 Å². The van der Waals surface area contributed by atoms with Gasteiger partial charge in [0.1, 0.15) is 6.54 Å². The molecular formula is C18H22BrN5O2. The maximum atomic E-state index is 12.4. The molecule has 138 valence electrons. The van der Waals surface area contributed by atoms with Crippen molar-refractivity contribution in [1.82, 2.24) is 25.2 Å². The molecule has 1 heterocycles. The molecule has 1 aromatic carbocycles. The predicted octanol–water partition coefficient (Wildman–Crippen LogP) is 1.98. The van der Waals surface area contributed by atoms with Crippen LogP contribution >= 0.6 is 15.9 Å². The van der Waals surface area contributed by atoms with Crippen LogP contribution in [-0.4, -0.2) is 52.3 Å². The smallest absolute Gasteiger partial charge is 0.273 e. The molecule has 0 aliphatic heterocycles. The van der Waals surface area contributed by atoms with E-state index in [2.05, 4.69) is 43.7 Å². The van der Waals surface area contributed by atoms with Crippen LogP contribution in [0.15, 0.2) is 34.9 Å². The van der Waals surface area contributed by atoms with Crippen molar-refractivity contribution in [2.45, 2.75) is 31.2 Å². The van der Waals surface area contributed by atoms with Crippen molar-refractivity contribution in [1.29, 1.82) is 0 Å². The SMILES string of the molecule is CN(C)C(=O)Cn1cc(C(=O)NCC2(c3cccc(Br)c3)CCC2)nn1. The molecule has 1 N–H and O–H groups in total. The molecule has 1 fully saturated rings. The van der Waals surface area contributed by atoms with Gasteiger partial charge in [0.15, 0.2) is 5.69 Å². The first-order valence-corrected chi connectivity index (χ1v) is 9.33. The van der Waals surface area contributed by atoms with Gasteiger partial charge in [-0.15, -0.1) is 5.10 Å². The summed E-state index contributed by atoms with van der Waals surface area (Å²) in [5.41, 5.74) is 1.44. The number of nitrogens with one attached hydrogen (secondary N) is 1. The van der Waals surface area contributed by atoms with Crippen molar-refractivity contribution in [3.63, 3.8) is 0 Å². The van der Waals surface area contributed by atoms with Crippen molar-refractivity contribution >= 4 is 27.7 Å². The van der Waals surface area contributed by atoms with E-state index < -0.39 is 0 Å². The van der Waals surface area contributed by atoms with Gasteiger partial charge in [0.05, 0.1) is 6.20 Å². The minimum atomic E-state index is -0.269. The molecule has 0 bridgehead atoms. The van der Waals surface area contributed by atoms with E-state index in [-0.39, 0.29) is 29.5 Å². The molecule has 0 radical (unpaired) electrons. The second-order valence-electron chi connectivity index (χ2n) is 6.92. The lowest BCUT2D eigenvalue weighted by Gasteiger charge is -2.42. The normalized spacial score (nSPS) is 15.2. The molecule has 0 atom stereocenters. The number of hydrogen-bond acceptors (Lipinski definition) is 4. The van der Waals surface area contributed by atoms with Gasteiger partial charge in [0.25, 0.3) is 5.91 Å². The van der Waals surface area contributed by atoms with Gasteiger partial charge in [-0.1, -0.05) is 39.7 Å². The highest BCUT2D eigenvalue weighted by molar-refractivity contribution is 9.10. The van der Waals surface area contributed by atoms with Crippen molar-refractivity contribution < 1.29 is 9.59 Å². The van der Waals surface area contributed by atoms with E-state index in [0.29, 0.717) is 6.54 Å². The van der Waals surface area contributed by atoms with E-state index in [0.717, 1.165) is 23.7 Å². The number of carbonyl (C=O) groups is 2. The summed E-state index contributed by atoms with van der Waals surface area (Å²) >= 11 is 3.52. The fourth-order valence-corrected chi connectivity index (χ4v) is 3.49. The van der Waals surface area contributed by atoms with E-state index in [1.165, 1.54) is 21.3 Å². The molecule has 1 aliphatic carbocycles. The first-order chi connectivity index (χ1) is 12.4. The topological polar surface area (TPSA) is 80.1 Å². The van der Waals surface area contributed by atoms with Gasteiger partial charge < -0.3 is 10.2 Å². The number of benzene rings is 1. The fraction of sp³-hybridized carbons (Fsp3) is 0.444. The minimum absolute atomic E-state index is 0.0175. The number of halogens is 1. The number of aromatic nitrogens is 3. The largest absolute Gasteiger partial charge is 0.350 e. The monoisotopic (exact) mass is 419 g/mol. The number of amides is 2. The summed E-state index contributed by atoms with van der Waals surface area (Å²) in [4.78, 5) is 25.6. The first kappa shape index (κ1) is 18.6. The molecule has 1 saturated carbocycles. The minimum Gasteiger partial charge on any atom is -0.350 e. The van der Waals surface area contributed by atoms with Gasteiger partial charge in [0, 0.05) is 30.5 Å². The average Bonchev–Trinajstić information content (AvgIpc) is 3.02. The zero-order valence-corrected chi connectivity index (χ0v) is 16.5. The van der Waals surface area contributed by atoms with E-state index in [9.17, 15) is 9.59 Å². The molecule has 7 nitrogen and oxygen atoms in total.